The molecule has 1 aliphatic heterocycles. The Hall–Kier alpha value is -3.33. The molecule has 1 amide bonds. The summed E-state index contributed by atoms with van der Waals surface area (Å²) in [5.74, 6) is 0.150. The van der Waals surface area contributed by atoms with Gasteiger partial charge in [-0.25, -0.2) is 13.4 Å². The first-order chi connectivity index (χ1) is 17.8. The van der Waals surface area contributed by atoms with E-state index in [0.29, 0.717) is 51.9 Å². The van der Waals surface area contributed by atoms with E-state index in [2.05, 4.69) is 17.2 Å². The molecule has 1 saturated heterocycles. The second-order valence-electron chi connectivity index (χ2n) is 9.31. The van der Waals surface area contributed by atoms with E-state index >= 15 is 0 Å². The van der Waals surface area contributed by atoms with E-state index in [9.17, 15) is 13.2 Å². The first kappa shape index (κ1) is 25.3. The van der Waals surface area contributed by atoms with Crippen LogP contribution in [0.1, 0.15) is 35.7 Å². The zero-order chi connectivity index (χ0) is 26.0. The Kier molecular flexibility index (Phi) is 7.24. The summed E-state index contributed by atoms with van der Waals surface area (Å²) in [6.45, 7) is 3.34. The molecule has 9 heteroatoms. The Morgan fingerprint density at radius 1 is 1.03 bits per heavy atom. The molecule has 0 unspecified atom stereocenters. The first-order valence-electron chi connectivity index (χ1n) is 12.2. The molecule has 1 N–H and O–H groups in total. The second kappa shape index (κ2) is 10.6. The zero-order valence-corrected chi connectivity index (χ0v) is 22.0. The summed E-state index contributed by atoms with van der Waals surface area (Å²) in [5, 5.41) is 3.94. The lowest BCUT2D eigenvalue weighted by Gasteiger charge is -2.29. The fourth-order valence-corrected chi connectivity index (χ4v) is 6.18. The average molecular weight is 535 g/mol. The predicted octanol–water partition coefficient (Wildman–Crippen LogP) is 5.30. The fraction of sp³-hybridized carbons (Fsp3) is 0.250. The highest BCUT2D eigenvalue weighted by atomic mass is 35.5. The zero-order valence-electron chi connectivity index (χ0n) is 20.4. The van der Waals surface area contributed by atoms with Crippen molar-refractivity contribution in [1.29, 1.82) is 0 Å². The minimum Gasteiger partial charge on any atom is -0.348 e. The quantitative estimate of drug-likeness (QED) is 0.362. The number of halogens is 1. The van der Waals surface area contributed by atoms with E-state index in [1.54, 1.807) is 42.6 Å². The van der Waals surface area contributed by atoms with Crippen LogP contribution in [0.15, 0.2) is 77.8 Å². The number of benzene rings is 2. The Bertz CT molecular complexity index is 1550. The lowest BCUT2D eigenvalue weighted by atomic mass is 10.0. The molecule has 0 saturated carbocycles. The highest BCUT2D eigenvalue weighted by molar-refractivity contribution is 7.89. The Labute approximate surface area is 221 Å². The van der Waals surface area contributed by atoms with Crippen molar-refractivity contribution >= 4 is 38.4 Å². The summed E-state index contributed by atoms with van der Waals surface area (Å²) in [4.78, 5) is 22.7. The number of fused-ring (bicyclic) bond motifs is 1. The molecule has 5 rings (SSSR count). The van der Waals surface area contributed by atoms with Crippen molar-refractivity contribution in [3.8, 4) is 11.4 Å². The SMILES string of the molecule is CC1CCN(S(=O)(=O)c2ccc3nc(-c4ccccn4)cc(C(=O)NCc4ccccc4Cl)c3c2)CC1. The Morgan fingerprint density at radius 2 is 1.78 bits per heavy atom. The van der Waals surface area contributed by atoms with Gasteiger partial charge in [-0.15, -0.1) is 0 Å². The van der Waals surface area contributed by atoms with Gasteiger partial charge in [-0.1, -0.05) is 42.8 Å². The summed E-state index contributed by atoms with van der Waals surface area (Å²) >= 11 is 6.27. The molecule has 3 heterocycles. The van der Waals surface area contributed by atoms with Crippen molar-refractivity contribution in [3.63, 3.8) is 0 Å². The lowest BCUT2D eigenvalue weighted by molar-refractivity contribution is 0.0952. The van der Waals surface area contributed by atoms with E-state index in [1.807, 2.05) is 30.3 Å². The molecule has 4 aromatic rings. The van der Waals surface area contributed by atoms with Crippen LogP contribution in [0.3, 0.4) is 0 Å². The molecule has 0 radical (unpaired) electrons. The molecule has 37 heavy (non-hydrogen) atoms. The number of nitrogens with zero attached hydrogens (tertiary/aromatic N) is 3. The molecule has 7 nitrogen and oxygen atoms in total. The van der Waals surface area contributed by atoms with Crippen molar-refractivity contribution in [1.82, 2.24) is 19.6 Å². The minimum absolute atomic E-state index is 0.155. The largest absolute Gasteiger partial charge is 0.348 e. The van der Waals surface area contributed by atoms with Crippen LogP contribution in [0.5, 0.6) is 0 Å². The maximum Gasteiger partial charge on any atom is 0.252 e. The normalized spacial score (nSPS) is 15.1. The molecular weight excluding hydrogens is 508 g/mol. The Balaban J connectivity index is 1.56. The number of rotatable bonds is 6. The van der Waals surface area contributed by atoms with Crippen LogP contribution in [-0.2, 0) is 16.6 Å². The van der Waals surface area contributed by atoms with Crippen molar-refractivity contribution < 1.29 is 13.2 Å². The molecule has 2 aromatic heterocycles. The van der Waals surface area contributed by atoms with Crippen LogP contribution in [0.2, 0.25) is 5.02 Å². The van der Waals surface area contributed by atoms with E-state index < -0.39 is 10.0 Å². The maximum absolute atomic E-state index is 13.5. The first-order valence-corrected chi connectivity index (χ1v) is 14.0. The summed E-state index contributed by atoms with van der Waals surface area (Å²) in [6, 6.07) is 19.2. The van der Waals surface area contributed by atoms with E-state index in [4.69, 9.17) is 16.6 Å². The molecule has 1 fully saturated rings. The summed E-state index contributed by atoms with van der Waals surface area (Å²) < 4.78 is 28.4. The highest BCUT2D eigenvalue weighted by Crippen LogP contribution is 2.29. The molecule has 0 atom stereocenters. The fourth-order valence-electron chi connectivity index (χ4n) is 4.49. The lowest BCUT2D eigenvalue weighted by Crippen LogP contribution is -2.37. The van der Waals surface area contributed by atoms with Gasteiger partial charge < -0.3 is 5.32 Å². The number of amides is 1. The third-order valence-corrected chi connectivity index (χ3v) is 8.99. The highest BCUT2D eigenvalue weighted by Gasteiger charge is 2.29. The summed E-state index contributed by atoms with van der Waals surface area (Å²) in [7, 11) is -3.70. The van der Waals surface area contributed by atoms with Crippen molar-refractivity contribution in [2.75, 3.05) is 13.1 Å². The topological polar surface area (TPSA) is 92.3 Å². The average Bonchev–Trinajstić information content (AvgIpc) is 2.92. The molecular formula is C28H27ClN4O3S. The molecule has 1 aliphatic rings. The number of carbonyl (C=O) groups excluding carboxylic acids is 1. The van der Waals surface area contributed by atoms with Crippen molar-refractivity contribution in [3.05, 3.63) is 89.1 Å². The maximum atomic E-state index is 13.5. The molecule has 0 spiro atoms. The summed E-state index contributed by atoms with van der Waals surface area (Å²) in [5.41, 5.74) is 2.75. The van der Waals surface area contributed by atoms with Gasteiger partial charge in [-0.3, -0.25) is 9.78 Å². The molecule has 2 aromatic carbocycles. The second-order valence-corrected chi connectivity index (χ2v) is 11.7. The van der Waals surface area contributed by atoms with Crippen LogP contribution < -0.4 is 5.32 Å². The van der Waals surface area contributed by atoms with E-state index in [0.717, 1.165) is 18.4 Å². The number of pyridine rings is 2. The summed E-state index contributed by atoms with van der Waals surface area (Å²) in [6.07, 6.45) is 3.32. The van der Waals surface area contributed by atoms with Crippen LogP contribution in [0.25, 0.3) is 22.3 Å². The van der Waals surface area contributed by atoms with Crippen LogP contribution in [0.4, 0.5) is 0 Å². The molecule has 190 valence electrons. The monoisotopic (exact) mass is 534 g/mol. The van der Waals surface area contributed by atoms with Gasteiger partial charge in [0.05, 0.1) is 27.4 Å². The van der Waals surface area contributed by atoms with Crippen LogP contribution >= 0.6 is 11.6 Å². The van der Waals surface area contributed by atoms with Crippen molar-refractivity contribution in [2.24, 2.45) is 5.92 Å². The molecule has 0 bridgehead atoms. The number of hydrogen-bond acceptors (Lipinski definition) is 5. The smallest absolute Gasteiger partial charge is 0.252 e. The van der Waals surface area contributed by atoms with Gasteiger partial charge in [0.25, 0.3) is 5.91 Å². The van der Waals surface area contributed by atoms with Gasteiger partial charge in [0, 0.05) is 36.2 Å². The number of carbonyl (C=O) groups is 1. The van der Waals surface area contributed by atoms with E-state index in [-0.39, 0.29) is 17.3 Å². The van der Waals surface area contributed by atoms with Gasteiger partial charge in [0.1, 0.15) is 0 Å². The van der Waals surface area contributed by atoms with Crippen LogP contribution in [0, 0.1) is 5.92 Å². The van der Waals surface area contributed by atoms with E-state index in [1.165, 1.54) is 4.31 Å². The third kappa shape index (κ3) is 5.37. The van der Waals surface area contributed by atoms with Crippen LogP contribution in [-0.4, -0.2) is 41.7 Å². The van der Waals surface area contributed by atoms with Gasteiger partial charge >= 0.3 is 0 Å². The number of piperidine rings is 1. The van der Waals surface area contributed by atoms with Crippen molar-refractivity contribution in [2.45, 2.75) is 31.2 Å². The Morgan fingerprint density at radius 3 is 2.51 bits per heavy atom. The third-order valence-electron chi connectivity index (χ3n) is 6.73. The van der Waals surface area contributed by atoms with Gasteiger partial charge in [0.2, 0.25) is 10.0 Å². The number of hydrogen-bond donors (Lipinski definition) is 1. The van der Waals surface area contributed by atoms with Gasteiger partial charge in [0.15, 0.2) is 0 Å². The standard InChI is InChI=1S/C28H27ClN4O3S/c1-19-11-14-33(15-12-19)37(35,36)21-9-10-25-22(16-21)23(17-27(32-25)26-8-4-5-13-30-26)28(34)31-18-20-6-2-3-7-24(20)29/h2-10,13,16-17,19H,11-12,14-15,18H2,1H3,(H,31,34). The van der Waals surface area contributed by atoms with Gasteiger partial charge in [-0.2, -0.15) is 4.31 Å². The number of nitrogens with one attached hydrogen (secondary N) is 1. The predicted molar refractivity (Wildman–Crippen MR) is 145 cm³/mol. The number of sulfonamides is 1. The van der Waals surface area contributed by atoms with Gasteiger partial charge in [-0.05, 0) is 66.8 Å². The minimum atomic E-state index is -3.70. The molecule has 0 aliphatic carbocycles. The number of aromatic nitrogens is 2.